The summed E-state index contributed by atoms with van der Waals surface area (Å²) in [7, 11) is 1.61. The Bertz CT molecular complexity index is 1120. The highest BCUT2D eigenvalue weighted by molar-refractivity contribution is 5.86. The van der Waals surface area contributed by atoms with Crippen LogP contribution in [-0.4, -0.2) is 25.9 Å². The fourth-order valence-electron chi connectivity index (χ4n) is 4.87. The van der Waals surface area contributed by atoms with Gasteiger partial charge in [-0.25, -0.2) is 4.79 Å². The second-order valence-electron chi connectivity index (χ2n) is 8.56. The van der Waals surface area contributed by atoms with Gasteiger partial charge in [0.05, 0.1) is 13.3 Å². The normalized spacial score (nSPS) is 21.1. The molecule has 0 saturated carbocycles. The molecule has 6 nitrogen and oxygen atoms in total. The van der Waals surface area contributed by atoms with E-state index >= 15 is 0 Å². The van der Waals surface area contributed by atoms with Crippen LogP contribution in [0.25, 0.3) is 0 Å². The second-order valence-corrected chi connectivity index (χ2v) is 8.56. The van der Waals surface area contributed by atoms with Crippen molar-refractivity contribution in [1.29, 1.82) is 0 Å². The zero-order valence-electron chi connectivity index (χ0n) is 18.3. The van der Waals surface area contributed by atoms with E-state index < -0.39 is 6.09 Å². The molecule has 2 aliphatic rings. The highest BCUT2D eigenvalue weighted by Crippen LogP contribution is 2.50. The minimum absolute atomic E-state index is 0.0318. The molecule has 0 spiro atoms. The van der Waals surface area contributed by atoms with Gasteiger partial charge >= 0.3 is 6.09 Å². The number of hydrogen-bond donors (Lipinski definition) is 2. The van der Waals surface area contributed by atoms with Gasteiger partial charge in [0.2, 0.25) is 0 Å². The predicted octanol–water partition coefficient (Wildman–Crippen LogP) is 4.90. The summed E-state index contributed by atoms with van der Waals surface area (Å²) >= 11 is 0. The van der Waals surface area contributed by atoms with E-state index in [1.54, 1.807) is 31.4 Å². The van der Waals surface area contributed by atoms with Crippen molar-refractivity contribution in [1.82, 2.24) is 5.32 Å². The van der Waals surface area contributed by atoms with Gasteiger partial charge in [-0.2, -0.15) is 0 Å². The largest absolute Gasteiger partial charge is 0.497 e. The molecule has 3 aromatic carbocycles. The lowest BCUT2D eigenvalue weighted by Crippen LogP contribution is -2.46. The maximum atomic E-state index is 12.5. The summed E-state index contributed by atoms with van der Waals surface area (Å²) in [6.45, 7) is 4.09. The zero-order chi connectivity index (χ0) is 22.1. The summed E-state index contributed by atoms with van der Waals surface area (Å²) in [4.78, 5) is 14.9. The highest BCUT2D eigenvalue weighted by atomic mass is 16.6. The van der Waals surface area contributed by atoms with Crippen molar-refractivity contribution in [2.45, 2.75) is 31.5 Å². The van der Waals surface area contributed by atoms with Crippen LogP contribution in [0.3, 0.4) is 0 Å². The predicted molar refractivity (Wildman–Crippen MR) is 125 cm³/mol. The molecule has 32 heavy (non-hydrogen) atoms. The third kappa shape index (κ3) is 3.67. The molecular formula is C26H27N3O3. The van der Waals surface area contributed by atoms with Crippen molar-refractivity contribution in [3.05, 3.63) is 83.9 Å². The standard InChI is InChI=1S/C26H27N3O3/c1-26-14-15-27-24(26)29(17-18-6-4-3-5-7-18)23-13-12-21(16-22(23)26)32-25(30)28-19-8-10-20(31-2)11-9-19/h3-13,16,24,27H,14-15,17H2,1-2H3,(H,28,30)/t24?,26-/m0/s1. The molecule has 0 radical (unpaired) electrons. The Kier molecular flexibility index (Phi) is 5.23. The number of benzene rings is 3. The molecule has 6 heteroatoms. The van der Waals surface area contributed by atoms with Crippen LogP contribution in [0.5, 0.6) is 11.5 Å². The number of methoxy groups -OCH3 is 1. The maximum absolute atomic E-state index is 12.5. The van der Waals surface area contributed by atoms with Crippen LogP contribution in [-0.2, 0) is 12.0 Å². The second kappa shape index (κ2) is 8.20. The summed E-state index contributed by atoms with van der Waals surface area (Å²) in [6, 6.07) is 23.6. The Morgan fingerprint density at radius 3 is 2.59 bits per heavy atom. The Hall–Kier alpha value is -3.51. The average molecular weight is 430 g/mol. The van der Waals surface area contributed by atoms with E-state index in [1.807, 2.05) is 18.2 Å². The SMILES string of the molecule is COc1ccc(NC(=O)Oc2ccc3c(c2)[C@]2(C)CCNC2N3Cc2ccccc2)cc1. The van der Waals surface area contributed by atoms with E-state index in [2.05, 4.69) is 52.8 Å². The summed E-state index contributed by atoms with van der Waals surface area (Å²) in [5.74, 6) is 1.28. The summed E-state index contributed by atoms with van der Waals surface area (Å²) < 4.78 is 10.8. The van der Waals surface area contributed by atoms with Crippen molar-refractivity contribution >= 4 is 17.5 Å². The first-order valence-corrected chi connectivity index (χ1v) is 10.9. The lowest BCUT2D eigenvalue weighted by atomic mass is 9.81. The van der Waals surface area contributed by atoms with Gasteiger partial charge in [-0.3, -0.25) is 10.6 Å². The van der Waals surface area contributed by atoms with E-state index in [0.717, 1.165) is 25.3 Å². The first-order chi connectivity index (χ1) is 15.6. The molecule has 2 atom stereocenters. The minimum Gasteiger partial charge on any atom is -0.497 e. The number of fused-ring (bicyclic) bond motifs is 3. The Morgan fingerprint density at radius 2 is 1.84 bits per heavy atom. The number of nitrogens with zero attached hydrogens (tertiary/aromatic N) is 1. The minimum atomic E-state index is -0.513. The summed E-state index contributed by atoms with van der Waals surface area (Å²) in [5.41, 5.74) is 4.30. The van der Waals surface area contributed by atoms with Crippen molar-refractivity contribution in [3.63, 3.8) is 0 Å². The van der Waals surface area contributed by atoms with Gasteiger partial charge in [-0.15, -0.1) is 0 Å². The van der Waals surface area contributed by atoms with Crippen LogP contribution in [0.2, 0.25) is 0 Å². The fraction of sp³-hybridized carbons (Fsp3) is 0.269. The molecule has 1 saturated heterocycles. The van der Waals surface area contributed by atoms with E-state index in [9.17, 15) is 4.79 Å². The van der Waals surface area contributed by atoms with Crippen LogP contribution in [0.15, 0.2) is 72.8 Å². The number of hydrogen-bond acceptors (Lipinski definition) is 5. The van der Waals surface area contributed by atoms with Crippen LogP contribution in [0.1, 0.15) is 24.5 Å². The summed E-state index contributed by atoms with van der Waals surface area (Å²) in [6.07, 6.45) is 0.749. The number of nitrogens with one attached hydrogen (secondary N) is 2. The van der Waals surface area contributed by atoms with Crippen molar-refractivity contribution in [2.75, 3.05) is 23.9 Å². The lowest BCUT2D eigenvalue weighted by molar-refractivity contribution is 0.215. The third-order valence-electron chi connectivity index (χ3n) is 6.53. The average Bonchev–Trinajstić information content (AvgIpc) is 3.30. The van der Waals surface area contributed by atoms with E-state index in [-0.39, 0.29) is 11.6 Å². The van der Waals surface area contributed by atoms with Crippen molar-refractivity contribution in [3.8, 4) is 11.5 Å². The Labute approximate surface area is 188 Å². The lowest BCUT2D eigenvalue weighted by Gasteiger charge is -2.31. The van der Waals surface area contributed by atoms with Gasteiger partial charge in [-0.1, -0.05) is 37.3 Å². The van der Waals surface area contributed by atoms with Gasteiger partial charge in [0.25, 0.3) is 0 Å². The first-order valence-electron chi connectivity index (χ1n) is 10.9. The maximum Gasteiger partial charge on any atom is 0.417 e. The van der Waals surface area contributed by atoms with Crippen LogP contribution >= 0.6 is 0 Å². The smallest absolute Gasteiger partial charge is 0.417 e. The molecule has 2 heterocycles. The molecule has 0 bridgehead atoms. The molecule has 1 amide bonds. The number of rotatable bonds is 5. The Balaban J connectivity index is 1.36. The van der Waals surface area contributed by atoms with Gasteiger partial charge < -0.3 is 14.4 Å². The quantitative estimate of drug-likeness (QED) is 0.604. The van der Waals surface area contributed by atoms with Gasteiger partial charge in [0, 0.05) is 23.3 Å². The number of carbonyl (C=O) groups is 1. The zero-order valence-corrected chi connectivity index (χ0v) is 18.3. The van der Waals surface area contributed by atoms with E-state index in [1.165, 1.54) is 16.8 Å². The molecule has 164 valence electrons. The third-order valence-corrected chi connectivity index (χ3v) is 6.53. The van der Waals surface area contributed by atoms with Crippen molar-refractivity contribution < 1.29 is 14.3 Å². The monoisotopic (exact) mass is 429 g/mol. The first kappa shape index (κ1) is 20.4. The molecule has 5 rings (SSSR count). The van der Waals surface area contributed by atoms with Gasteiger partial charge in [0.15, 0.2) is 0 Å². The molecule has 2 N–H and O–H groups in total. The topological polar surface area (TPSA) is 62.8 Å². The molecule has 0 aliphatic carbocycles. The number of ether oxygens (including phenoxy) is 2. The number of amides is 1. The molecule has 0 aromatic heterocycles. The molecule has 2 aliphatic heterocycles. The van der Waals surface area contributed by atoms with Crippen LogP contribution in [0, 0.1) is 0 Å². The summed E-state index contributed by atoms with van der Waals surface area (Å²) in [5, 5.41) is 6.44. The van der Waals surface area contributed by atoms with Gasteiger partial charge in [0.1, 0.15) is 11.5 Å². The highest BCUT2D eigenvalue weighted by Gasteiger charge is 2.50. The molecule has 1 unspecified atom stereocenters. The van der Waals surface area contributed by atoms with Crippen LogP contribution in [0.4, 0.5) is 16.2 Å². The molecule has 3 aromatic rings. The van der Waals surface area contributed by atoms with E-state index in [4.69, 9.17) is 9.47 Å². The molecule has 1 fully saturated rings. The number of carbonyl (C=O) groups excluding carboxylic acids is 1. The van der Waals surface area contributed by atoms with Crippen molar-refractivity contribution in [2.24, 2.45) is 0 Å². The van der Waals surface area contributed by atoms with Gasteiger partial charge in [-0.05, 0) is 66.6 Å². The number of anilines is 2. The van der Waals surface area contributed by atoms with E-state index in [0.29, 0.717) is 11.4 Å². The fourth-order valence-corrected chi connectivity index (χ4v) is 4.87. The molecular weight excluding hydrogens is 402 g/mol. The van der Waals surface area contributed by atoms with Crippen LogP contribution < -0.4 is 25.0 Å². The Morgan fingerprint density at radius 1 is 1.09 bits per heavy atom.